The standard InChI is InChI=1S/C8H16N2O.C2H6/c1-7-4-10(5-7)8(11)6-9(2)3;1-2/h7H,4-6H2,1-3H3;1-2H3. The van der Waals surface area contributed by atoms with Crippen LogP contribution in [0.4, 0.5) is 0 Å². The molecule has 0 bridgehead atoms. The molecule has 0 aromatic rings. The molecule has 1 saturated heterocycles. The van der Waals surface area contributed by atoms with Crippen LogP contribution in [0, 0.1) is 5.92 Å². The summed E-state index contributed by atoms with van der Waals surface area (Å²) in [5, 5.41) is 0. The topological polar surface area (TPSA) is 23.6 Å². The average Bonchev–Trinajstić information content (AvgIpc) is 2.01. The summed E-state index contributed by atoms with van der Waals surface area (Å²) in [6.07, 6.45) is 0. The molecule has 1 amide bonds. The number of hydrogen-bond acceptors (Lipinski definition) is 2. The van der Waals surface area contributed by atoms with Gasteiger partial charge in [-0.15, -0.1) is 0 Å². The Labute approximate surface area is 81.7 Å². The Hall–Kier alpha value is -0.570. The molecule has 0 unspecified atom stereocenters. The fourth-order valence-corrected chi connectivity index (χ4v) is 1.27. The molecule has 1 aliphatic rings. The summed E-state index contributed by atoms with van der Waals surface area (Å²) in [5.41, 5.74) is 0. The first kappa shape index (κ1) is 12.4. The van der Waals surface area contributed by atoms with Gasteiger partial charge < -0.3 is 9.80 Å². The molecular weight excluding hydrogens is 164 g/mol. The highest BCUT2D eigenvalue weighted by Crippen LogP contribution is 2.13. The van der Waals surface area contributed by atoms with Crippen LogP contribution < -0.4 is 0 Å². The number of nitrogens with zero attached hydrogens (tertiary/aromatic N) is 2. The molecule has 1 heterocycles. The van der Waals surface area contributed by atoms with Gasteiger partial charge in [0.15, 0.2) is 0 Å². The van der Waals surface area contributed by atoms with Crippen LogP contribution in [0.2, 0.25) is 0 Å². The van der Waals surface area contributed by atoms with Gasteiger partial charge in [0.05, 0.1) is 6.54 Å². The maximum absolute atomic E-state index is 11.3. The second-order valence-electron chi connectivity index (χ2n) is 3.64. The SMILES string of the molecule is CC.CC1CN(C(=O)CN(C)C)C1. The molecule has 0 aromatic carbocycles. The zero-order valence-corrected chi connectivity index (χ0v) is 9.50. The van der Waals surface area contributed by atoms with E-state index in [-0.39, 0.29) is 5.91 Å². The van der Waals surface area contributed by atoms with Crippen LogP contribution in [-0.4, -0.2) is 49.4 Å². The van der Waals surface area contributed by atoms with Gasteiger partial charge in [0.2, 0.25) is 5.91 Å². The third kappa shape index (κ3) is 4.27. The molecule has 0 saturated carbocycles. The average molecular weight is 186 g/mol. The fraction of sp³-hybridized carbons (Fsp3) is 0.900. The Kier molecular flexibility index (Phi) is 5.71. The van der Waals surface area contributed by atoms with Crippen molar-refractivity contribution in [3.05, 3.63) is 0 Å². The molecule has 1 rings (SSSR count). The van der Waals surface area contributed by atoms with Crippen molar-refractivity contribution < 1.29 is 4.79 Å². The van der Waals surface area contributed by atoms with Gasteiger partial charge in [0.1, 0.15) is 0 Å². The third-order valence-corrected chi connectivity index (χ3v) is 1.87. The Morgan fingerprint density at radius 1 is 1.38 bits per heavy atom. The Balaban J connectivity index is 0.000000671. The van der Waals surface area contributed by atoms with Gasteiger partial charge in [-0.3, -0.25) is 4.79 Å². The van der Waals surface area contributed by atoms with Crippen molar-refractivity contribution in [3.8, 4) is 0 Å². The van der Waals surface area contributed by atoms with Crippen LogP contribution in [0.3, 0.4) is 0 Å². The maximum atomic E-state index is 11.3. The van der Waals surface area contributed by atoms with E-state index < -0.39 is 0 Å². The number of carbonyl (C=O) groups is 1. The number of likely N-dealkylation sites (tertiary alicyclic amines) is 1. The lowest BCUT2D eigenvalue weighted by Gasteiger charge is -2.37. The van der Waals surface area contributed by atoms with E-state index in [4.69, 9.17) is 0 Å². The summed E-state index contributed by atoms with van der Waals surface area (Å²) >= 11 is 0. The molecule has 13 heavy (non-hydrogen) atoms. The molecule has 0 radical (unpaired) electrons. The third-order valence-electron chi connectivity index (χ3n) is 1.87. The summed E-state index contributed by atoms with van der Waals surface area (Å²) in [6, 6.07) is 0. The molecule has 0 aliphatic carbocycles. The van der Waals surface area contributed by atoms with Gasteiger partial charge in [0.25, 0.3) is 0 Å². The zero-order chi connectivity index (χ0) is 10.4. The second kappa shape index (κ2) is 5.97. The summed E-state index contributed by atoms with van der Waals surface area (Å²) in [5.74, 6) is 0.967. The van der Waals surface area contributed by atoms with Crippen molar-refractivity contribution in [2.24, 2.45) is 5.92 Å². The minimum atomic E-state index is 0.258. The monoisotopic (exact) mass is 186 g/mol. The van der Waals surface area contributed by atoms with E-state index in [1.54, 1.807) is 0 Å². The lowest BCUT2D eigenvalue weighted by atomic mass is 10.0. The molecule has 0 atom stereocenters. The number of likely N-dealkylation sites (N-methyl/N-ethyl adjacent to an activating group) is 1. The van der Waals surface area contributed by atoms with Gasteiger partial charge in [-0.05, 0) is 20.0 Å². The summed E-state index contributed by atoms with van der Waals surface area (Å²) in [7, 11) is 3.84. The molecule has 3 nitrogen and oxygen atoms in total. The molecule has 3 heteroatoms. The van der Waals surface area contributed by atoms with Crippen LogP contribution in [0.5, 0.6) is 0 Å². The van der Waals surface area contributed by atoms with Crippen LogP contribution in [0.15, 0.2) is 0 Å². The quantitative estimate of drug-likeness (QED) is 0.643. The molecule has 0 N–H and O–H groups in total. The Morgan fingerprint density at radius 3 is 2.15 bits per heavy atom. The minimum Gasteiger partial charge on any atom is -0.341 e. The highest BCUT2D eigenvalue weighted by molar-refractivity contribution is 5.78. The highest BCUT2D eigenvalue weighted by Gasteiger charge is 2.26. The van der Waals surface area contributed by atoms with E-state index in [1.165, 1.54) is 0 Å². The van der Waals surface area contributed by atoms with E-state index in [0.29, 0.717) is 12.5 Å². The molecule has 78 valence electrons. The Morgan fingerprint density at radius 2 is 1.85 bits per heavy atom. The van der Waals surface area contributed by atoms with Gasteiger partial charge in [-0.25, -0.2) is 0 Å². The molecule has 0 aromatic heterocycles. The van der Waals surface area contributed by atoms with Crippen molar-refractivity contribution in [1.82, 2.24) is 9.80 Å². The van der Waals surface area contributed by atoms with E-state index in [9.17, 15) is 4.79 Å². The zero-order valence-electron chi connectivity index (χ0n) is 9.50. The molecule has 1 aliphatic heterocycles. The van der Waals surface area contributed by atoms with Gasteiger partial charge in [-0.2, -0.15) is 0 Å². The van der Waals surface area contributed by atoms with Crippen LogP contribution >= 0.6 is 0 Å². The minimum absolute atomic E-state index is 0.258. The molecule has 0 spiro atoms. The second-order valence-corrected chi connectivity index (χ2v) is 3.64. The van der Waals surface area contributed by atoms with Crippen molar-refractivity contribution in [3.63, 3.8) is 0 Å². The fourth-order valence-electron chi connectivity index (χ4n) is 1.27. The maximum Gasteiger partial charge on any atom is 0.236 e. The summed E-state index contributed by atoms with van der Waals surface area (Å²) < 4.78 is 0. The number of hydrogen-bond donors (Lipinski definition) is 0. The van der Waals surface area contributed by atoms with Crippen LogP contribution in [0.1, 0.15) is 20.8 Å². The van der Waals surface area contributed by atoms with Crippen LogP contribution in [-0.2, 0) is 4.79 Å². The largest absolute Gasteiger partial charge is 0.341 e. The predicted molar refractivity (Wildman–Crippen MR) is 55.6 cm³/mol. The summed E-state index contributed by atoms with van der Waals surface area (Å²) in [6.45, 7) is 8.62. The van der Waals surface area contributed by atoms with Crippen molar-refractivity contribution >= 4 is 5.91 Å². The van der Waals surface area contributed by atoms with Crippen molar-refractivity contribution in [2.75, 3.05) is 33.7 Å². The predicted octanol–water partition coefficient (Wildman–Crippen LogP) is 1.05. The first-order valence-electron chi connectivity index (χ1n) is 5.02. The van der Waals surface area contributed by atoms with Gasteiger partial charge >= 0.3 is 0 Å². The number of carbonyl (C=O) groups excluding carboxylic acids is 1. The Bertz CT molecular complexity index is 151. The lowest BCUT2D eigenvalue weighted by molar-refractivity contribution is -0.137. The first-order chi connectivity index (χ1) is 6.09. The van der Waals surface area contributed by atoms with Crippen LogP contribution in [0.25, 0.3) is 0 Å². The first-order valence-corrected chi connectivity index (χ1v) is 5.02. The van der Waals surface area contributed by atoms with Crippen molar-refractivity contribution in [2.45, 2.75) is 20.8 Å². The van der Waals surface area contributed by atoms with Gasteiger partial charge in [-0.1, -0.05) is 20.8 Å². The van der Waals surface area contributed by atoms with E-state index >= 15 is 0 Å². The number of amides is 1. The number of rotatable bonds is 2. The molecular formula is C10H22N2O. The molecule has 1 fully saturated rings. The van der Waals surface area contributed by atoms with E-state index in [2.05, 4.69) is 6.92 Å². The highest BCUT2D eigenvalue weighted by atomic mass is 16.2. The van der Waals surface area contributed by atoms with E-state index in [0.717, 1.165) is 13.1 Å². The van der Waals surface area contributed by atoms with E-state index in [1.807, 2.05) is 37.7 Å². The van der Waals surface area contributed by atoms with Gasteiger partial charge in [0, 0.05) is 13.1 Å². The summed E-state index contributed by atoms with van der Waals surface area (Å²) in [4.78, 5) is 15.1. The smallest absolute Gasteiger partial charge is 0.236 e. The lowest BCUT2D eigenvalue weighted by Crippen LogP contribution is -2.51. The van der Waals surface area contributed by atoms with Crippen molar-refractivity contribution in [1.29, 1.82) is 0 Å². The normalized spacial score (nSPS) is 16.3.